The molecule has 12 nitrogen and oxygen atoms in total. The molecular formula is C25H42N6O6S. The van der Waals surface area contributed by atoms with Gasteiger partial charge >= 0.3 is 6.09 Å². The molecule has 3 saturated heterocycles. The summed E-state index contributed by atoms with van der Waals surface area (Å²) >= 11 is 0. The van der Waals surface area contributed by atoms with Gasteiger partial charge in [0, 0.05) is 58.4 Å². The zero-order valence-electron chi connectivity index (χ0n) is 22.4. The van der Waals surface area contributed by atoms with E-state index in [1.165, 1.54) is 0 Å². The molecule has 5 rings (SSSR count). The highest BCUT2D eigenvalue weighted by Gasteiger charge is 2.50. The van der Waals surface area contributed by atoms with Gasteiger partial charge in [-0.1, -0.05) is 6.92 Å². The normalized spacial score (nSPS) is 28.8. The van der Waals surface area contributed by atoms with Crippen LogP contribution in [0.4, 0.5) is 4.79 Å². The highest BCUT2D eigenvalue weighted by molar-refractivity contribution is 7.89. The van der Waals surface area contributed by atoms with Crippen molar-refractivity contribution in [2.24, 2.45) is 16.3 Å². The number of piperazine rings is 1. The third-order valence-electron chi connectivity index (χ3n) is 8.78. The highest BCUT2D eigenvalue weighted by Crippen LogP contribution is 2.53. The topological polar surface area (TPSA) is 127 Å². The largest absolute Gasteiger partial charge is 0.479 e. The van der Waals surface area contributed by atoms with E-state index < -0.39 is 16.1 Å². The Morgan fingerprint density at radius 3 is 2.55 bits per heavy atom. The highest BCUT2D eigenvalue weighted by atomic mass is 32.2. The Labute approximate surface area is 225 Å². The summed E-state index contributed by atoms with van der Waals surface area (Å²) in [6.07, 6.45) is 4.78. The fraction of sp³-hybridized carbons (Fsp3) is 0.840. The molecule has 5 aliphatic rings. The first-order valence-corrected chi connectivity index (χ1v) is 15.5. The molecule has 2 N–H and O–H groups in total. The fourth-order valence-electron chi connectivity index (χ4n) is 5.90. The van der Waals surface area contributed by atoms with Gasteiger partial charge in [-0.15, -0.1) is 0 Å². The lowest BCUT2D eigenvalue weighted by Gasteiger charge is -2.41. The molecule has 1 saturated carbocycles. The molecule has 214 valence electrons. The zero-order chi connectivity index (χ0) is 26.8. The number of sulfonamides is 1. The lowest BCUT2D eigenvalue weighted by Crippen LogP contribution is -2.52. The summed E-state index contributed by atoms with van der Waals surface area (Å²) in [5.74, 6) is 1.99. The summed E-state index contributed by atoms with van der Waals surface area (Å²) < 4.78 is 38.6. The number of hydrogen-bond acceptors (Lipinski definition) is 9. The van der Waals surface area contributed by atoms with Gasteiger partial charge in [0.2, 0.25) is 15.9 Å². The van der Waals surface area contributed by atoms with Gasteiger partial charge in [0.15, 0.2) is 0 Å². The van der Waals surface area contributed by atoms with Gasteiger partial charge in [-0.2, -0.15) is 4.31 Å². The Bertz CT molecular complexity index is 1020. The lowest BCUT2D eigenvalue weighted by molar-refractivity contribution is 0.0406. The van der Waals surface area contributed by atoms with Crippen LogP contribution in [0.25, 0.3) is 0 Å². The lowest BCUT2D eigenvalue weighted by atomic mass is 9.83. The number of aliphatic imine (C=N–C) groups is 1. The molecule has 2 atom stereocenters. The van der Waals surface area contributed by atoms with E-state index in [-0.39, 0.29) is 17.2 Å². The molecule has 4 aliphatic heterocycles. The van der Waals surface area contributed by atoms with E-state index in [1.54, 1.807) is 15.4 Å². The van der Waals surface area contributed by atoms with Crippen molar-refractivity contribution < 1.29 is 27.8 Å². The van der Waals surface area contributed by atoms with Gasteiger partial charge in [-0.25, -0.2) is 18.2 Å². The SMILES string of the molecule is CC1(C2CC(COC3=NC=C(N4CCN(S(=O)(=O)CCN5CCOCC5)CC4)NC3)CCN2C(=O)O)CC1. The van der Waals surface area contributed by atoms with E-state index in [9.17, 15) is 18.3 Å². The number of ether oxygens (including phenoxy) is 2. The number of morpholine rings is 1. The molecule has 13 heteroatoms. The number of likely N-dealkylation sites (tertiary alicyclic amines) is 1. The van der Waals surface area contributed by atoms with E-state index >= 15 is 0 Å². The van der Waals surface area contributed by atoms with Crippen molar-refractivity contribution in [1.29, 1.82) is 0 Å². The third-order valence-corrected chi connectivity index (χ3v) is 10.6. The molecule has 4 fully saturated rings. The maximum absolute atomic E-state index is 12.8. The van der Waals surface area contributed by atoms with E-state index in [0.717, 1.165) is 44.6 Å². The van der Waals surface area contributed by atoms with Crippen molar-refractivity contribution in [1.82, 2.24) is 24.3 Å². The average Bonchev–Trinajstić information content (AvgIpc) is 3.70. The van der Waals surface area contributed by atoms with Crippen molar-refractivity contribution >= 4 is 22.0 Å². The second-order valence-electron chi connectivity index (χ2n) is 11.4. The number of piperidine rings is 1. The summed E-state index contributed by atoms with van der Waals surface area (Å²) in [5.41, 5.74) is 0.116. The second kappa shape index (κ2) is 11.6. The molecule has 0 bridgehead atoms. The smallest absolute Gasteiger partial charge is 0.407 e. The van der Waals surface area contributed by atoms with Crippen LogP contribution in [0.1, 0.15) is 32.6 Å². The molecule has 2 unspecified atom stereocenters. The molecule has 0 radical (unpaired) electrons. The van der Waals surface area contributed by atoms with Crippen molar-refractivity contribution in [2.75, 3.05) is 84.5 Å². The summed E-state index contributed by atoms with van der Waals surface area (Å²) in [7, 11) is -3.28. The first-order chi connectivity index (χ1) is 18.2. The molecular weight excluding hydrogens is 512 g/mol. The van der Waals surface area contributed by atoms with Crippen LogP contribution in [-0.2, 0) is 19.5 Å². The van der Waals surface area contributed by atoms with Crippen LogP contribution < -0.4 is 5.32 Å². The molecule has 4 heterocycles. The average molecular weight is 555 g/mol. The number of nitrogens with zero attached hydrogens (tertiary/aromatic N) is 5. The van der Waals surface area contributed by atoms with Gasteiger partial charge < -0.3 is 29.7 Å². The Morgan fingerprint density at radius 2 is 1.92 bits per heavy atom. The zero-order valence-corrected chi connectivity index (χ0v) is 23.2. The second-order valence-corrected chi connectivity index (χ2v) is 13.5. The minimum Gasteiger partial charge on any atom is -0.479 e. The van der Waals surface area contributed by atoms with Gasteiger partial charge in [0.25, 0.3) is 0 Å². The van der Waals surface area contributed by atoms with Gasteiger partial charge in [0.1, 0.15) is 5.82 Å². The van der Waals surface area contributed by atoms with Crippen LogP contribution >= 0.6 is 0 Å². The van der Waals surface area contributed by atoms with Crippen molar-refractivity contribution in [3.63, 3.8) is 0 Å². The van der Waals surface area contributed by atoms with Gasteiger partial charge in [0.05, 0.1) is 38.3 Å². The molecule has 0 aromatic heterocycles. The molecule has 38 heavy (non-hydrogen) atoms. The number of hydrogen-bond donors (Lipinski definition) is 2. The van der Waals surface area contributed by atoms with Crippen LogP contribution in [0.2, 0.25) is 0 Å². The molecule has 0 aromatic rings. The number of carboxylic acid groups (broad SMARTS) is 1. The summed E-state index contributed by atoms with van der Waals surface area (Å²) in [4.78, 5) is 22.1. The molecule has 1 aliphatic carbocycles. The predicted octanol–water partition coefficient (Wildman–Crippen LogP) is 0.642. The van der Waals surface area contributed by atoms with Crippen LogP contribution in [0.5, 0.6) is 0 Å². The van der Waals surface area contributed by atoms with Crippen molar-refractivity contribution in [2.45, 2.75) is 38.6 Å². The maximum atomic E-state index is 12.8. The van der Waals surface area contributed by atoms with Crippen molar-refractivity contribution in [3.8, 4) is 0 Å². The molecule has 0 spiro atoms. The Hall–Kier alpha value is -2.09. The first kappa shape index (κ1) is 27.5. The minimum absolute atomic E-state index is 0.0714. The monoisotopic (exact) mass is 554 g/mol. The minimum atomic E-state index is -3.28. The van der Waals surface area contributed by atoms with Gasteiger partial charge in [-0.3, -0.25) is 4.90 Å². The maximum Gasteiger partial charge on any atom is 0.407 e. The number of carbonyl (C=O) groups is 1. The summed E-state index contributed by atoms with van der Waals surface area (Å²) in [6, 6.07) is 0.0714. The quantitative estimate of drug-likeness (QED) is 0.444. The van der Waals surface area contributed by atoms with Crippen LogP contribution in [0, 0.1) is 11.3 Å². The molecule has 1 amide bonds. The number of amides is 1. The standard InChI is InChI=1S/C25H42N6O6S/c1-25(3-4-25)21-16-20(2-5-31(21)24(32)33)19-37-23-18-26-22(17-27-23)29-6-8-30(9-7-29)38(34,35)15-12-28-10-13-36-14-11-28/h17,20-21,26H,2-16,18-19H2,1H3,(H,32,33). The number of nitrogens with one attached hydrogen (secondary N) is 1. The summed E-state index contributed by atoms with van der Waals surface area (Å²) in [5, 5.41) is 13.0. The van der Waals surface area contributed by atoms with Gasteiger partial charge in [-0.05, 0) is 37.0 Å². The summed E-state index contributed by atoms with van der Waals surface area (Å²) in [6.45, 7) is 9.42. The Kier molecular flexibility index (Phi) is 8.36. The van der Waals surface area contributed by atoms with E-state index in [0.29, 0.717) is 77.4 Å². The van der Waals surface area contributed by atoms with Crippen LogP contribution in [0.3, 0.4) is 0 Å². The van der Waals surface area contributed by atoms with Crippen LogP contribution in [-0.4, -0.2) is 135 Å². The first-order valence-electron chi connectivity index (χ1n) is 13.9. The Balaban J connectivity index is 1.06. The van der Waals surface area contributed by atoms with E-state index in [4.69, 9.17) is 9.47 Å². The van der Waals surface area contributed by atoms with E-state index in [1.807, 2.05) is 0 Å². The van der Waals surface area contributed by atoms with Crippen molar-refractivity contribution in [3.05, 3.63) is 12.0 Å². The Morgan fingerprint density at radius 1 is 1.18 bits per heavy atom. The van der Waals surface area contributed by atoms with E-state index in [2.05, 4.69) is 27.0 Å². The third kappa shape index (κ3) is 6.54. The molecule has 0 aromatic carbocycles. The van der Waals surface area contributed by atoms with Crippen LogP contribution in [0.15, 0.2) is 17.0 Å². The predicted molar refractivity (Wildman–Crippen MR) is 142 cm³/mol. The fourth-order valence-corrected chi connectivity index (χ4v) is 7.37. The number of rotatable bonds is 8.